The Kier molecular flexibility index (Phi) is 6.97. The van der Waals surface area contributed by atoms with Crippen LogP contribution < -0.4 is 0 Å². The van der Waals surface area contributed by atoms with E-state index in [4.69, 9.17) is 5.11 Å². The first-order valence-corrected chi connectivity index (χ1v) is 5.50. The van der Waals surface area contributed by atoms with Crippen molar-refractivity contribution in [2.75, 3.05) is 6.61 Å². The highest BCUT2D eigenvalue weighted by atomic mass is 19.1. The van der Waals surface area contributed by atoms with Gasteiger partial charge in [0.25, 0.3) is 0 Å². The van der Waals surface area contributed by atoms with E-state index < -0.39 is 12.8 Å². The first kappa shape index (κ1) is 14.1. The van der Waals surface area contributed by atoms with E-state index in [0.29, 0.717) is 11.5 Å². The number of alkyl halides is 1. The molecule has 1 atom stereocenters. The van der Waals surface area contributed by atoms with Gasteiger partial charge in [-0.2, -0.15) is 0 Å². The topological polar surface area (TPSA) is 20.2 Å². The molecule has 0 heterocycles. The van der Waals surface area contributed by atoms with Crippen LogP contribution in [-0.4, -0.2) is 11.7 Å². The molecule has 0 aliphatic heterocycles. The summed E-state index contributed by atoms with van der Waals surface area (Å²) in [7, 11) is 0. The predicted molar refractivity (Wildman–Crippen MR) is 62.8 cm³/mol. The number of aliphatic hydroxyl groups is 1. The maximum Gasteiger partial charge on any atom is 0.148 e. The van der Waals surface area contributed by atoms with Crippen molar-refractivity contribution >= 4 is 0 Å². The van der Waals surface area contributed by atoms with Gasteiger partial charge in [-0.25, -0.2) is 4.39 Å². The minimum Gasteiger partial charge on any atom is -0.393 e. The summed E-state index contributed by atoms with van der Waals surface area (Å²) in [6.45, 7) is 7.68. The van der Waals surface area contributed by atoms with Crippen LogP contribution in [0.25, 0.3) is 0 Å². The lowest BCUT2D eigenvalue weighted by molar-refractivity contribution is 0.180. The van der Waals surface area contributed by atoms with E-state index >= 15 is 0 Å². The number of hydrogen-bond donors (Lipinski definition) is 1. The molecule has 0 amide bonds. The molecule has 0 saturated heterocycles. The van der Waals surface area contributed by atoms with Crippen molar-refractivity contribution in [3.8, 4) is 0 Å². The minimum absolute atomic E-state index is 0.394. The number of aliphatic hydroxyl groups excluding tert-OH is 1. The summed E-state index contributed by atoms with van der Waals surface area (Å²) in [4.78, 5) is 0. The lowest BCUT2D eigenvalue weighted by Gasteiger charge is -2.09. The Labute approximate surface area is 92.0 Å². The molecule has 1 N–H and O–H groups in total. The molecule has 0 radical (unpaired) electrons. The largest absolute Gasteiger partial charge is 0.393 e. The van der Waals surface area contributed by atoms with Gasteiger partial charge < -0.3 is 5.11 Å². The zero-order valence-electron chi connectivity index (χ0n) is 10.00. The molecule has 1 unspecified atom stereocenters. The average Bonchev–Trinajstić information content (AvgIpc) is 2.30. The molecule has 2 heteroatoms. The zero-order chi connectivity index (χ0) is 11.8. The van der Waals surface area contributed by atoms with Crippen molar-refractivity contribution in [3.05, 3.63) is 35.4 Å². The summed E-state index contributed by atoms with van der Waals surface area (Å²) in [6.07, 6.45) is -1.25. The van der Waals surface area contributed by atoms with Gasteiger partial charge in [-0.3, -0.25) is 0 Å². The zero-order valence-corrected chi connectivity index (χ0v) is 10.00. The standard InChI is InChI=1S/C11H15FO.C2H6/c1-8(2)9-4-3-5-10(6-9)11(12)7-13;1-2/h3-6,8,11,13H,7H2,1-2H3;1-2H3. The van der Waals surface area contributed by atoms with Gasteiger partial charge >= 0.3 is 0 Å². The molecular formula is C13H21FO. The Bertz CT molecular complexity index is 271. The monoisotopic (exact) mass is 212 g/mol. The second-order valence-corrected chi connectivity index (χ2v) is 3.47. The molecule has 1 rings (SSSR count). The molecule has 0 saturated carbocycles. The molecule has 1 nitrogen and oxygen atoms in total. The van der Waals surface area contributed by atoms with Crippen LogP contribution in [0.1, 0.15) is 50.9 Å². The fourth-order valence-electron chi connectivity index (χ4n) is 1.22. The van der Waals surface area contributed by atoms with Crippen LogP contribution in [0.2, 0.25) is 0 Å². The minimum atomic E-state index is -1.25. The molecular weight excluding hydrogens is 191 g/mol. The second kappa shape index (κ2) is 7.41. The van der Waals surface area contributed by atoms with Crippen molar-refractivity contribution in [1.29, 1.82) is 0 Å². The second-order valence-electron chi connectivity index (χ2n) is 3.47. The third kappa shape index (κ3) is 4.43. The summed E-state index contributed by atoms with van der Waals surface area (Å²) in [5, 5.41) is 8.64. The number of hydrogen-bond acceptors (Lipinski definition) is 1. The van der Waals surface area contributed by atoms with E-state index in [1.807, 2.05) is 32.0 Å². The van der Waals surface area contributed by atoms with Crippen LogP contribution in [0.5, 0.6) is 0 Å². The first-order chi connectivity index (χ1) is 7.15. The van der Waals surface area contributed by atoms with Gasteiger partial charge in [0, 0.05) is 0 Å². The van der Waals surface area contributed by atoms with Crippen molar-refractivity contribution in [2.24, 2.45) is 0 Å². The van der Waals surface area contributed by atoms with Crippen molar-refractivity contribution < 1.29 is 9.50 Å². The van der Waals surface area contributed by atoms with Gasteiger partial charge in [-0.1, -0.05) is 52.0 Å². The van der Waals surface area contributed by atoms with E-state index in [-0.39, 0.29) is 0 Å². The van der Waals surface area contributed by atoms with Gasteiger partial charge in [0.1, 0.15) is 6.17 Å². The van der Waals surface area contributed by atoms with Crippen LogP contribution in [-0.2, 0) is 0 Å². The van der Waals surface area contributed by atoms with Crippen LogP contribution >= 0.6 is 0 Å². The molecule has 0 aliphatic rings. The van der Waals surface area contributed by atoms with Gasteiger partial charge in [-0.05, 0) is 17.0 Å². The number of rotatable bonds is 3. The molecule has 86 valence electrons. The van der Waals surface area contributed by atoms with Crippen LogP contribution in [0, 0.1) is 0 Å². The van der Waals surface area contributed by atoms with E-state index in [2.05, 4.69) is 13.8 Å². The summed E-state index contributed by atoms with van der Waals surface area (Å²) in [5.41, 5.74) is 1.67. The fourth-order valence-corrected chi connectivity index (χ4v) is 1.22. The van der Waals surface area contributed by atoms with E-state index in [0.717, 1.165) is 5.56 Å². The van der Waals surface area contributed by atoms with Gasteiger partial charge in [0.05, 0.1) is 6.61 Å². The van der Waals surface area contributed by atoms with Crippen molar-refractivity contribution in [2.45, 2.75) is 39.8 Å². The Balaban J connectivity index is 0.000000921. The molecule has 15 heavy (non-hydrogen) atoms. The normalized spacial score (nSPS) is 11.9. The van der Waals surface area contributed by atoms with Gasteiger partial charge in [0.2, 0.25) is 0 Å². The smallest absolute Gasteiger partial charge is 0.148 e. The van der Waals surface area contributed by atoms with E-state index in [1.54, 1.807) is 6.07 Å². The average molecular weight is 212 g/mol. The van der Waals surface area contributed by atoms with Crippen LogP contribution in [0.15, 0.2) is 24.3 Å². The van der Waals surface area contributed by atoms with Gasteiger partial charge in [0.15, 0.2) is 0 Å². The molecule has 0 spiro atoms. The summed E-state index contributed by atoms with van der Waals surface area (Å²) in [6, 6.07) is 7.31. The third-order valence-electron chi connectivity index (χ3n) is 2.10. The fraction of sp³-hybridized carbons (Fsp3) is 0.538. The number of halogens is 1. The lowest BCUT2D eigenvalue weighted by Crippen LogP contribution is -1.98. The Morgan fingerprint density at radius 2 is 1.73 bits per heavy atom. The van der Waals surface area contributed by atoms with Crippen molar-refractivity contribution in [1.82, 2.24) is 0 Å². The first-order valence-electron chi connectivity index (χ1n) is 5.50. The highest BCUT2D eigenvalue weighted by Crippen LogP contribution is 2.21. The molecule has 0 fully saturated rings. The van der Waals surface area contributed by atoms with Crippen molar-refractivity contribution in [3.63, 3.8) is 0 Å². The molecule has 0 bridgehead atoms. The predicted octanol–water partition coefficient (Wildman–Crippen LogP) is 3.84. The SMILES string of the molecule is CC.CC(C)c1cccc(C(F)CO)c1. The lowest BCUT2D eigenvalue weighted by atomic mass is 9.99. The summed E-state index contributed by atoms with van der Waals surface area (Å²) in [5.74, 6) is 0.394. The molecule has 0 aromatic heterocycles. The maximum atomic E-state index is 13.1. The molecule has 0 aliphatic carbocycles. The Morgan fingerprint density at radius 1 is 1.20 bits per heavy atom. The number of benzene rings is 1. The summed E-state index contributed by atoms with van der Waals surface area (Å²) >= 11 is 0. The van der Waals surface area contributed by atoms with Crippen LogP contribution in [0.4, 0.5) is 4.39 Å². The highest BCUT2D eigenvalue weighted by Gasteiger charge is 2.08. The van der Waals surface area contributed by atoms with Crippen LogP contribution in [0.3, 0.4) is 0 Å². The highest BCUT2D eigenvalue weighted by molar-refractivity contribution is 5.27. The Morgan fingerprint density at radius 3 is 2.20 bits per heavy atom. The molecule has 1 aromatic carbocycles. The summed E-state index contributed by atoms with van der Waals surface area (Å²) < 4.78 is 13.1. The molecule has 1 aromatic rings. The quantitative estimate of drug-likeness (QED) is 0.807. The maximum absolute atomic E-state index is 13.1. The van der Waals surface area contributed by atoms with E-state index in [1.165, 1.54) is 0 Å². The Hall–Kier alpha value is -0.890. The third-order valence-corrected chi connectivity index (χ3v) is 2.10. The van der Waals surface area contributed by atoms with E-state index in [9.17, 15) is 4.39 Å². The van der Waals surface area contributed by atoms with Gasteiger partial charge in [-0.15, -0.1) is 0 Å².